The molecular formula is C59H115N2O6P. The fourth-order valence-electron chi connectivity index (χ4n) is 8.72. The third-order valence-electron chi connectivity index (χ3n) is 13.3. The molecular weight excluding hydrogens is 864 g/mol. The van der Waals surface area contributed by atoms with Gasteiger partial charge in [-0.1, -0.05) is 262 Å². The molecule has 0 saturated heterocycles. The molecule has 0 fully saturated rings. The molecule has 0 aromatic carbocycles. The molecule has 8 nitrogen and oxygen atoms in total. The number of aliphatic hydroxyl groups is 1. The zero-order valence-electron chi connectivity index (χ0n) is 45.8. The summed E-state index contributed by atoms with van der Waals surface area (Å²) in [5, 5.41) is 13.9. The summed E-state index contributed by atoms with van der Waals surface area (Å²) in [7, 11) is 1.26. The molecule has 3 unspecified atom stereocenters. The molecule has 0 heterocycles. The van der Waals surface area contributed by atoms with Crippen LogP contribution < -0.4 is 10.2 Å². The van der Waals surface area contributed by atoms with Crippen molar-refractivity contribution in [3.05, 3.63) is 36.5 Å². The summed E-state index contributed by atoms with van der Waals surface area (Å²) < 4.78 is 23.3. The number of likely N-dealkylation sites (N-methyl/N-ethyl adjacent to an activating group) is 1. The van der Waals surface area contributed by atoms with Crippen LogP contribution in [-0.2, 0) is 18.4 Å². The maximum absolute atomic E-state index is 12.9. The average Bonchev–Trinajstić information content (AvgIpc) is 3.30. The first-order valence-corrected chi connectivity index (χ1v) is 30.8. The number of rotatable bonds is 54. The molecule has 0 aliphatic heterocycles. The van der Waals surface area contributed by atoms with Crippen molar-refractivity contribution in [3.63, 3.8) is 0 Å². The number of phosphoric ester groups is 1. The van der Waals surface area contributed by atoms with Gasteiger partial charge in [0, 0.05) is 6.42 Å². The highest BCUT2D eigenvalue weighted by atomic mass is 31.2. The summed E-state index contributed by atoms with van der Waals surface area (Å²) in [6.45, 7) is 4.65. The molecule has 0 aromatic heterocycles. The Morgan fingerprint density at radius 2 is 0.853 bits per heavy atom. The molecule has 3 atom stereocenters. The summed E-state index contributed by atoms with van der Waals surface area (Å²) in [6.07, 6.45) is 65.2. The van der Waals surface area contributed by atoms with Gasteiger partial charge in [-0.25, -0.2) is 0 Å². The van der Waals surface area contributed by atoms with Crippen molar-refractivity contribution < 1.29 is 32.9 Å². The van der Waals surface area contributed by atoms with Gasteiger partial charge in [-0.05, 0) is 51.4 Å². The van der Waals surface area contributed by atoms with E-state index in [9.17, 15) is 19.4 Å². The van der Waals surface area contributed by atoms with Crippen molar-refractivity contribution in [2.24, 2.45) is 0 Å². The number of unbranched alkanes of at least 4 members (excludes halogenated alkanes) is 37. The van der Waals surface area contributed by atoms with Gasteiger partial charge in [0.1, 0.15) is 13.2 Å². The van der Waals surface area contributed by atoms with E-state index in [-0.39, 0.29) is 19.1 Å². The molecule has 402 valence electrons. The van der Waals surface area contributed by atoms with E-state index in [4.69, 9.17) is 9.05 Å². The third-order valence-corrected chi connectivity index (χ3v) is 14.3. The molecule has 0 aromatic rings. The number of hydrogen-bond donors (Lipinski definition) is 2. The van der Waals surface area contributed by atoms with E-state index in [0.29, 0.717) is 17.4 Å². The number of hydrogen-bond acceptors (Lipinski definition) is 6. The minimum Gasteiger partial charge on any atom is -0.756 e. The number of allylic oxidation sites excluding steroid dienone is 5. The summed E-state index contributed by atoms with van der Waals surface area (Å²) in [6, 6.07) is -0.894. The highest BCUT2D eigenvalue weighted by molar-refractivity contribution is 7.45. The standard InChI is InChI=1S/C59H115N2O6P/c1-6-8-10-12-14-16-18-20-22-24-25-26-27-28-29-30-31-32-33-34-35-36-37-38-40-42-44-46-48-50-52-58(62)57(56-67-68(64,65)66-55-54-61(3,4)5)60-59(63)53-51-49-47-45-43-41-39-23-21-19-17-15-13-11-9-7-2/h17,19,23,39,50,52,57-58,62H,6-16,18,20-22,24-38,40-49,51,53-56H2,1-5H3,(H-,60,63,64,65)/b19-17-,39-23-,52-50+. The van der Waals surface area contributed by atoms with Crippen LogP contribution in [-0.4, -0.2) is 68.5 Å². The summed E-state index contributed by atoms with van der Waals surface area (Å²) >= 11 is 0. The number of carbonyl (C=O) groups excluding carboxylic acids is 1. The first-order valence-electron chi connectivity index (χ1n) is 29.4. The average molecular weight is 980 g/mol. The Kier molecular flexibility index (Phi) is 49.7. The molecule has 0 radical (unpaired) electrons. The SMILES string of the molecule is CCCCCC/C=C\C/C=C\CCCCCCCC(=O)NC(COP(=O)([O-])OCC[N+](C)(C)C)C(O)/C=C/CCCCCCCCCCCCCCCCCCCCCCCCCCCCCC. The van der Waals surface area contributed by atoms with Crippen LogP contribution in [0.15, 0.2) is 36.5 Å². The molecule has 0 bridgehead atoms. The smallest absolute Gasteiger partial charge is 0.268 e. The Balaban J connectivity index is 4.13. The molecule has 68 heavy (non-hydrogen) atoms. The zero-order valence-corrected chi connectivity index (χ0v) is 46.7. The number of carbonyl (C=O) groups is 1. The molecule has 1 amide bonds. The van der Waals surface area contributed by atoms with E-state index in [1.165, 1.54) is 199 Å². The highest BCUT2D eigenvalue weighted by Crippen LogP contribution is 2.38. The summed E-state index contributed by atoms with van der Waals surface area (Å²) in [5.74, 6) is -0.208. The molecule has 0 aliphatic carbocycles. The zero-order chi connectivity index (χ0) is 49.9. The summed E-state index contributed by atoms with van der Waals surface area (Å²) in [5.41, 5.74) is 0. The Morgan fingerprint density at radius 3 is 1.24 bits per heavy atom. The predicted molar refractivity (Wildman–Crippen MR) is 293 cm³/mol. The largest absolute Gasteiger partial charge is 0.756 e. The van der Waals surface area contributed by atoms with Crippen LogP contribution >= 0.6 is 7.82 Å². The maximum atomic E-state index is 12.9. The van der Waals surface area contributed by atoms with Gasteiger partial charge < -0.3 is 28.8 Å². The number of phosphoric acid groups is 1. The quantitative estimate of drug-likeness (QED) is 0.0272. The lowest BCUT2D eigenvalue weighted by molar-refractivity contribution is -0.870. The fourth-order valence-corrected chi connectivity index (χ4v) is 9.44. The topological polar surface area (TPSA) is 108 Å². The number of amides is 1. The Labute approximate surface area is 423 Å². The first-order chi connectivity index (χ1) is 33.0. The van der Waals surface area contributed by atoms with E-state index in [2.05, 4.69) is 43.5 Å². The Morgan fingerprint density at radius 1 is 0.515 bits per heavy atom. The van der Waals surface area contributed by atoms with Crippen LogP contribution in [0, 0.1) is 0 Å². The maximum Gasteiger partial charge on any atom is 0.268 e. The second-order valence-corrected chi connectivity index (χ2v) is 22.8. The first kappa shape index (κ1) is 66.7. The molecule has 0 rings (SSSR count). The van der Waals surface area contributed by atoms with Gasteiger partial charge in [0.25, 0.3) is 7.82 Å². The minimum absolute atomic E-state index is 0.00366. The normalized spacial score (nSPS) is 14.2. The molecule has 0 spiro atoms. The van der Waals surface area contributed by atoms with Gasteiger partial charge in [-0.2, -0.15) is 0 Å². The van der Waals surface area contributed by atoms with Crippen LogP contribution in [0.3, 0.4) is 0 Å². The second kappa shape index (κ2) is 50.7. The summed E-state index contributed by atoms with van der Waals surface area (Å²) in [4.78, 5) is 25.5. The monoisotopic (exact) mass is 979 g/mol. The lowest BCUT2D eigenvalue weighted by Gasteiger charge is -2.29. The molecule has 9 heteroatoms. The van der Waals surface area contributed by atoms with Crippen LogP contribution in [0.25, 0.3) is 0 Å². The van der Waals surface area contributed by atoms with E-state index in [1.54, 1.807) is 6.08 Å². The Bertz CT molecular complexity index is 1200. The van der Waals surface area contributed by atoms with Crippen LogP contribution in [0.4, 0.5) is 0 Å². The molecule has 0 aliphatic rings. The van der Waals surface area contributed by atoms with Crippen molar-refractivity contribution in [2.45, 2.75) is 296 Å². The van der Waals surface area contributed by atoms with Gasteiger partial charge >= 0.3 is 0 Å². The van der Waals surface area contributed by atoms with E-state index in [0.717, 1.165) is 64.2 Å². The lowest BCUT2D eigenvalue weighted by Crippen LogP contribution is -2.45. The molecule has 2 N–H and O–H groups in total. The van der Waals surface area contributed by atoms with Gasteiger partial charge in [-0.3, -0.25) is 9.36 Å². The van der Waals surface area contributed by atoms with Gasteiger partial charge in [0.2, 0.25) is 5.91 Å². The second-order valence-electron chi connectivity index (χ2n) is 21.4. The highest BCUT2D eigenvalue weighted by Gasteiger charge is 2.23. The number of quaternary nitrogens is 1. The van der Waals surface area contributed by atoms with E-state index in [1.807, 2.05) is 27.2 Å². The van der Waals surface area contributed by atoms with Crippen molar-refractivity contribution in [3.8, 4) is 0 Å². The van der Waals surface area contributed by atoms with Gasteiger partial charge in [0.05, 0.1) is 39.9 Å². The molecule has 0 saturated carbocycles. The van der Waals surface area contributed by atoms with Gasteiger partial charge in [0.15, 0.2) is 0 Å². The van der Waals surface area contributed by atoms with Crippen molar-refractivity contribution >= 4 is 13.7 Å². The van der Waals surface area contributed by atoms with Crippen LogP contribution in [0.1, 0.15) is 284 Å². The minimum atomic E-state index is -4.60. The fraction of sp³-hybridized carbons (Fsp3) is 0.881. The number of nitrogens with one attached hydrogen (secondary N) is 1. The van der Waals surface area contributed by atoms with Crippen molar-refractivity contribution in [2.75, 3.05) is 40.9 Å². The van der Waals surface area contributed by atoms with Crippen molar-refractivity contribution in [1.29, 1.82) is 0 Å². The number of nitrogens with zero attached hydrogens (tertiary/aromatic N) is 1. The van der Waals surface area contributed by atoms with E-state index < -0.39 is 20.0 Å². The van der Waals surface area contributed by atoms with E-state index >= 15 is 0 Å². The van der Waals surface area contributed by atoms with Crippen LogP contribution in [0.5, 0.6) is 0 Å². The third kappa shape index (κ3) is 52.5. The van der Waals surface area contributed by atoms with Crippen molar-refractivity contribution in [1.82, 2.24) is 5.32 Å². The Hall–Kier alpha value is -1.28. The predicted octanol–water partition coefficient (Wildman–Crippen LogP) is 17.1. The van der Waals surface area contributed by atoms with Crippen LogP contribution in [0.2, 0.25) is 0 Å². The van der Waals surface area contributed by atoms with Gasteiger partial charge in [-0.15, -0.1) is 0 Å². The lowest BCUT2D eigenvalue weighted by atomic mass is 10.0. The number of aliphatic hydroxyl groups excluding tert-OH is 1.